The molecule has 3 aromatic rings. The summed E-state index contributed by atoms with van der Waals surface area (Å²) in [6, 6.07) is 16.5. The Hall–Kier alpha value is -4.07. The van der Waals surface area contributed by atoms with Crippen LogP contribution in [0.4, 0.5) is 11.5 Å². The minimum absolute atomic E-state index is 0.0392. The van der Waals surface area contributed by atoms with Gasteiger partial charge in [-0.2, -0.15) is 0 Å². The van der Waals surface area contributed by atoms with Crippen molar-refractivity contribution in [1.82, 2.24) is 9.55 Å². The van der Waals surface area contributed by atoms with Crippen LogP contribution in [0.5, 0.6) is 5.75 Å². The number of H-pyrrole nitrogens is 1. The Bertz CT molecular complexity index is 1230. The highest BCUT2D eigenvalue weighted by molar-refractivity contribution is 6.05. The number of nitrogens with zero attached hydrogens (tertiary/aromatic N) is 2. The zero-order valence-corrected chi connectivity index (χ0v) is 18.1. The van der Waals surface area contributed by atoms with Crippen molar-refractivity contribution in [3.05, 3.63) is 92.6 Å². The Morgan fingerprint density at radius 2 is 1.91 bits per heavy atom. The van der Waals surface area contributed by atoms with Gasteiger partial charge in [-0.1, -0.05) is 49.4 Å². The molecule has 0 spiro atoms. The van der Waals surface area contributed by atoms with Gasteiger partial charge in [0.1, 0.15) is 11.6 Å². The lowest BCUT2D eigenvalue weighted by Gasteiger charge is -2.23. The summed E-state index contributed by atoms with van der Waals surface area (Å²) in [6.45, 7) is 2.32. The molecule has 3 rings (SSSR count). The summed E-state index contributed by atoms with van der Waals surface area (Å²) in [5, 5.41) is 0. The fraction of sp³-hybridized carbons (Fsp3) is 0.208. The van der Waals surface area contributed by atoms with Crippen LogP contribution in [0.2, 0.25) is 0 Å². The number of amides is 1. The Labute approximate surface area is 185 Å². The van der Waals surface area contributed by atoms with Crippen molar-refractivity contribution >= 4 is 23.5 Å². The second-order valence-corrected chi connectivity index (χ2v) is 7.16. The average Bonchev–Trinajstić information content (AvgIpc) is 2.80. The van der Waals surface area contributed by atoms with Crippen LogP contribution in [0.15, 0.2) is 70.3 Å². The number of rotatable bonds is 8. The Balaban J connectivity index is 1.98. The van der Waals surface area contributed by atoms with Crippen LogP contribution in [-0.4, -0.2) is 29.1 Å². The fourth-order valence-corrected chi connectivity index (χ4v) is 3.32. The van der Waals surface area contributed by atoms with Crippen molar-refractivity contribution in [3.8, 4) is 5.75 Å². The minimum atomic E-state index is -0.701. The molecular formula is C24H26N4O4. The molecule has 0 aliphatic rings. The van der Waals surface area contributed by atoms with Crippen LogP contribution in [0.1, 0.15) is 24.5 Å². The SMILES string of the molecule is CCCN(C(=O)/C=C/c1cccc(OC)c1)c1c(N)n(Cc2ccccc2)c(=O)[nH]c1=O. The molecule has 1 heterocycles. The molecule has 0 saturated carbocycles. The van der Waals surface area contributed by atoms with Crippen LogP contribution >= 0.6 is 0 Å². The summed E-state index contributed by atoms with van der Waals surface area (Å²) in [5.74, 6) is 0.189. The van der Waals surface area contributed by atoms with Gasteiger partial charge in [0.25, 0.3) is 11.5 Å². The quantitative estimate of drug-likeness (QED) is 0.530. The highest BCUT2D eigenvalue weighted by Crippen LogP contribution is 2.19. The van der Waals surface area contributed by atoms with E-state index in [0.29, 0.717) is 12.2 Å². The first-order valence-electron chi connectivity index (χ1n) is 10.2. The number of nitrogens with one attached hydrogen (secondary N) is 1. The third kappa shape index (κ3) is 5.15. The van der Waals surface area contributed by atoms with E-state index in [-0.39, 0.29) is 24.6 Å². The molecule has 8 nitrogen and oxygen atoms in total. The number of carbonyl (C=O) groups excluding carboxylic acids is 1. The van der Waals surface area contributed by atoms with E-state index in [4.69, 9.17) is 10.5 Å². The van der Waals surface area contributed by atoms with Crippen molar-refractivity contribution in [2.24, 2.45) is 0 Å². The Kier molecular flexibility index (Phi) is 7.28. The zero-order valence-electron chi connectivity index (χ0n) is 18.1. The molecule has 166 valence electrons. The third-order valence-electron chi connectivity index (χ3n) is 4.89. The molecule has 0 radical (unpaired) electrons. The van der Waals surface area contributed by atoms with Gasteiger partial charge in [-0.15, -0.1) is 0 Å². The molecule has 0 bridgehead atoms. The maximum absolute atomic E-state index is 13.0. The van der Waals surface area contributed by atoms with Gasteiger partial charge in [0.2, 0.25) is 0 Å². The average molecular weight is 434 g/mol. The summed E-state index contributed by atoms with van der Waals surface area (Å²) in [4.78, 5) is 41.7. The molecule has 0 unspecified atom stereocenters. The second kappa shape index (κ2) is 10.3. The van der Waals surface area contributed by atoms with Crippen molar-refractivity contribution < 1.29 is 9.53 Å². The number of methoxy groups -OCH3 is 1. The molecule has 0 atom stereocenters. The van der Waals surface area contributed by atoms with Crippen molar-refractivity contribution in [2.45, 2.75) is 19.9 Å². The maximum atomic E-state index is 13.0. The molecule has 3 N–H and O–H groups in total. The Morgan fingerprint density at radius 1 is 1.16 bits per heavy atom. The number of hydrogen-bond donors (Lipinski definition) is 2. The van der Waals surface area contributed by atoms with Crippen LogP contribution in [0.3, 0.4) is 0 Å². The largest absolute Gasteiger partial charge is 0.497 e. The molecule has 32 heavy (non-hydrogen) atoms. The number of anilines is 2. The van der Waals surface area contributed by atoms with E-state index in [0.717, 1.165) is 11.1 Å². The lowest BCUT2D eigenvalue weighted by atomic mass is 10.2. The van der Waals surface area contributed by atoms with Gasteiger partial charge >= 0.3 is 5.69 Å². The van der Waals surface area contributed by atoms with Crippen molar-refractivity contribution in [3.63, 3.8) is 0 Å². The maximum Gasteiger partial charge on any atom is 0.330 e. The van der Waals surface area contributed by atoms with Gasteiger partial charge in [0, 0.05) is 12.6 Å². The van der Waals surface area contributed by atoms with E-state index in [1.807, 2.05) is 49.4 Å². The first-order chi connectivity index (χ1) is 15.4. The van der Waals surface area contributed by atoms with E-state index in [1.54, 1.807) is 25.3 Å². The normalized spacial score (nSPS) is 10.9. The van der Waals surface area contributed by atoms with Gasteiger partial charge < -0.3 is 15.4 Å². The number of aromatic nitrogens is 2. The summed E-state index contributed by atoms with van der Waals surface area (Å²) >= 11 is 0. The summed E-state index contributed by atoms with van der Waals surface area (Å²) in [5.41, 5.74) is 6.49. The van der Waals surface area contributed by atoms with Gasteiger partial charge in [0.15, 0.2) is 5.69 Å². The summed E-state index contributed by atoms with van der Waals surface area (Å²) in [7, 11) is 1.57. The lowest BCUT2D eigenvalue weighted by Crippen LogP contribution is -2.41. The van der Waals surface area contributed by atoms with Crippen molar-refractivity contribution in [2.75, 3.05) is 24.3 Å². The second-order valence-electron chi connectivity index (χ2n) is 7.16. The van der Waals surface area contributed by atoms with E-state index in [2.05, 4.69) is 4.98 Å². The van der Waals surface area contributed by atoms with E-state index < -0.39 is 17.2 Å². The standard InChI is InChI=1S/C24H26N4O4/c1-3-14-27(20(29)13-12-17-10-7-11-19(15-17)32-2)21-22(25)28(24(31)26-23(21)30)16-18-8-5-4-6-9-18/h4-13,15H,3,14,16,25H2,1-2H3,(H,26,30,31)/b13-12+. The molecular weight excluding hydrogens is 408 g/mol. The molecule has 1 amide bonds. The number of benzene rings is 2. The molecule has 0 aliphatic heterocycles. The summed E-state index contributed by atoms with van der Waals surface area (Å²) in [6.07, 6.45) is 3.60. The number of carbonyl (C=O) groups is 1. The monoisotopic (exact) mass is 434 g/mol. The third-order valence-corrected chi connectivity index (χ3v) is 4.89. The molecule has 2 aromatic carbocycles. The predicted octanol–water partition coefficient (Wildman–Crippen LogP) is 2.63. The highest BCUT2D eigenvalue weighted by Gasteiger charge is 2.22. The van der Waals surface area contributed by atoms with Gasteiger partial charge in [-0.25, -0.2) is 4.79 Å². The number of nitrogen functional groups attached to an aromatic ring is 1. The van der Waals surface area contributed by atoms with Crippen LogP contribution in [-0.2, 0) is 11.3 Å². The van der Waals surface area contributed by atoms with Crippen molar-refractivity contribution in [1.29, 1.82) is 0 Å². The van der Waals surface area contributed by atoms with Crippen LogP contribution in [0.25, 0.3) is 6.08 Å². The van der Waals surface area contributed by atoms with Gasteiger partial charge in [0.05, 0.1) is 13.7 Å². The number of nitrogens with two attached hydrogens (primary N) is 1. The van der Waals surface area contributed by atoms with E-state index in [9.17, 15) is 14.4 Å². The molecule has 8 heteroatoms. The smallest absolute Gasteiger partial charge is 0.330 e. The Morgan fingerprint density at radius 3 is 2.59 bits per heavy atom. The van der Waals surface area contributed by atoms with Gasteiger partial charge in [-0.3, -0.25) is 19.1 Å². The molecule has 1 aromatic heterocycles. The summed E-state index contributed by atoms with van der Waals surface area (Å²) < 4.78 is 6.46. The van der Waals surface area contributed by atoms with Gasteiger partial charge in [-0.05, 0) is 35.8 Å². The molecule has 0 saturated heterocycles. The van der Waals surface area contributed by atoms with Crippen LogP contribution in [0, 0.1) is 0 Å². The highest BCUT2D eigenvalue weighted by atomic mass is 16.5. The predicted molar refractivity (Wildman–Crippen MR) is 126 cm³/mol. The topological polar surface area (TPSA) is 110 Å². The fourth-order valence-electron chi connectivity index (χ4n) is 3.32. The van der Waals surface area contributed by atoms with Crippen LogP contribution < -0.4 is 26.6 Å². The number of ether oxygens (including phenoxy) is 1. The first kappa shape index (κ1) is 22.6. The zero-order chi connectivity index (χ0) is 23.1. The lowest BCUT2D eigenvalue weighted by molar-refractivity contribution is -0.114. The molecule has 0 aliphatic carbocycles. The van der Waals surface area contributed by atoms with E-state index >= 15 is 0 Å². The number of aromatic amines is 1. The first-order valence-corrected chi connectivity index (χ1v) is 10.2. The number of hydrogen-bond acceptors (Lipinski definition) is 5. The molecule has 0 fully saturated rings. The van der Waals surface area contributed by atoms with E-state index in [1.165, 1.54) is 15.5 Å². The minimum Gasteiger partial charge on any atom is -0.497 e.